The van der Waals surface area contributed by atoms with E-state index in [1.165, 1.54) is 0 Å². The van der Waals surface area contributed by atoms with E-state index in [2.05, 4.69) is 0 Å². The average Bonchev–Trinajstić information content (AvgIpc) is 3.18. The maximum Gasteiger partial charge on any atom is 0.338 e. The van der Waals surface area contributed by atoms with Crippen LogP contribution >= 0.6 is 11.6 Å². The second-order valence-corrected chi connectivity index (χ2v) is 13.6. The molecule has 16 heteroatoms. The van der Waals surface area contributed by atoms with Gasteiger partial charge in [0.2, 0.25) is 0 Å². The molecule has 0 saturated carbocycles. The fourth-order valence-corrected chi connectivity index (χ4v) is 6.68. The number of hydrogen-bond acceptors (Lipinski definition) is 15. The summed E-state index contributed by atoms with van der Waals surface area (Å²) >= 11 is 6.92. The second kappa shape index (κ2) is 21.0. The molecule has 15 nitrogen and oxygen atoms in total. The molecular weight excluding hydrogens is 768 g/mol. The van der Waals surface area contributed by atoms with E-state index in [9.17, 15) is 24.0 Å². The lowest BCUT2D eigenvalue weighted by Gasteiger charge is -2.48. The van der Waals surface area contributed by atoms with E-state index in [1.807, 2.05) is 60.7 Å². The fourth-order valence-electron chi connectivity index (χ4n) is 6.33. The number of hydrogen-bond donors (Lipinski definition) is 0. The maximum atomic E-state index is 13.2. The lowest BCUT2D eigenvalue weighted by atomic mass is 9.96. The van der Waals surface area contributed by atoms with Crippen LogP contribution in [0.4, 0.5) is 0 Å². The Bertz CT molecular complexity index is 1780. The molecule has 306 valence electrons. The standard InChI is InChI=1S/C41H45ClO15/c1-24(43)48-22-32-34(52-25(2)44)36(53-26(3)45)38(54-27(4)46)41(56-32)57-33-31(23-51-40(47)30-18-12-7-13-19-30)55-39(42)37(50-21-29-16-10-6-11-17-29)35(33)49-20-28-14-8-5-9-15-28/h5-19,31-39,41H,20-23H2,1-4H3/t31-,32-,33+,34+,35+,36+,37-,38-,39+,41+/m1/s1. The summed E-state index contributed by atoms with van der Waals surface area (Å²) in [6.45, 7) is 3.72. The van der Waals surface area contributed by atoms with Crippen molar-refractivity contribution in [2.45, 2.75) is 102 Å². The minimum absolute atomic E-state index is 0.0370. The van der Waals surface area contributed by atoms with Crippen molar-refractivity contribution in [3.8, 4) is 0 Å². The SMILES string of the molecule is CC(=O)OC[C@H]1O[C@@H](O[C@@H]2[C@H](OCc3ccccc3)[C@@H](OCc3ccccc3)[C@@H](Cl)O[C@@H]2COC(=O)c2ccccc2)[C@H](OC(C)=O)[C@@H](OC(C)=O)[C@H]1OC(C)=O. The number of halogens is 1. The van der Waals surface area contributed by atoms with E-state index in [0.717, 1.165) is 38.8 Å². The smallest absolute Gasteiger partial charge is 0.338 e. The third-order valence-electron chi connectivity index (χ3n) is 8.78. The van der Waals surface area contributed by atoms with E-state index >= 15 is 0 Å². The van der Waals surface area contributed by atoms with Gasteiger partial charge in [-0.25, -0.2) is 4.79 Å². The molecule has 2 fully saturated rings. The van der Waals surface area contributed by atoms with Crippen molar-refractivity contribution in [1.82, 2.24) is 0 Å². The molecule has 2 heterocycles. The molecule has 0 N–H and O–H groups in total. The Morgan fingerprint density at radius 2 is 1.00 bits per heavy atom. The molecule has 0 spiro atoms. The zero-order valence-electron chi connectivity index (χ0n) is 31.8. The van der Waals surface area contributed by atoms with Crippen LogP contribution in [0.2, 0.25) is 0 Å². The predicted octanol–water partition coefficient (Wildman–Crippen LogP) is 4.45. The van der Waals surface area contributed by atoms with E-state index in [1.54, 1.807) is 30.3 Å². The zero-order valence-corrected chi connectivity index (χ0v) is 32.5. The molecule has 0 unspecified atom stereocenters. The molecule has 0 amide bonds. The van der Waals surface area contributed by atoms with Crippen molar-refractivity contribution in [3.63, 3.8) is 0 Å². The molecule has 2 aliphatic rings. The first-order chi connectivity index (χ1) is 27.4. The van der Waals surface area contributed by atoms with Crippen molar-refractivity contribution in [1.29, 1.82) is 0 Å². The largest absolute Gasteiger partial charge is 0.463 e. The van der Waals surface area contributed by atoms with Crippen molar-refractivity contribution in [2.24, 2.45) is 0 Å². The van der Waals surface area contributed by atoms with Crippen LogP contribution in [0, 0.1) is 0 Å². The molecule has 5 rings (SSSR count). The Kier molecular flexibility index (Phi) is 15.9. The highest BCUT2D eigenvalue weighted by atomic mass is 35.5. The number of alkyl halides is 1. The van der Waals surface area contributed by atoms with Gasteiger partial charge in [0.05, 0.1) is 18.8 Å². The Morgan fingerprint density at radius 3 is 1.54 bits per heavy atom. The molecule has 57 heavy (non-hydrogen) atoms. The molecule has 0 bridgehead atoms. The van der Waals surface area contributed by atoms with Gasteiger partial charge in [-0.05, 0) is 23.3 Å². The monoisotopic (exact) mass is 812 g/mol. The molecule has 0 aromatic heterocycles. The molecule has 10 atom stereocenters. The highest BCUT2D eigenvalue weighted by molar-refractivity contribution is 6.20. The van der Waals surface area contributed by atoms with E-state index < -0.39 is 104 Å². The summed E-state index contributed by atoms with van der Waals surface area (Å²) in [5.74, 6) is -3.80. The predicted molar refractivity (Wildman–Crippen MR) is 198 cm³/mol. The second-order valence-electron chi connectivity index (χ2n) is 13.2. The number of esters is 5. The Balaban J connectivity index is 1.56. The van der Waals surface area contributed by atoms with Gasteiger partial charge in [-0.15, -0.1) is 0 Å². The number of carbonyl (C=O) groups is 5. The zero-order chi connectivity index (χ0) is 40.9. The Labute approximate surface area is 334 Å². The normalized spacial score (nSPS) is 27.0. The topological polar surface area (TPSA) is 178 Å². The van der Waals surface area contributed by atoms with Crippen LogP contribution in [0.15, 0.2) is 91.0 Å². The summed E-state index contributed by atoms with van der Waals surface area (Å²) in [6.07, 6.45) is -12.1. The van der Waals surface area contributed by atoms with E-state index in [-0.39, 0.29) is 18.8 Å². The lowest BCUT2D eigenvalue weighted by molar-refractivity contribution is -0.346. The number of benzene rings is 3. The van der Waals surface area contributed by atoms with Crippen LogP contribution in [0.1, 0.15) is 49.2 Å². The fraction of sp³-hybridized carbons (Fsp3) is 0.439. The molecule has 0 radical (unpaired) electrons. The molecule has 3 aromatic rings. The highest BCUT2D eigenvalue weighted by Crippen LogP contribution is 2.36. The van der Waals surface area contributed by atoms with Gasteiger partial charge in [-0.1, -0.05) is 90.5 Å². The van der Waals surface area contributed by atoms with Crippen molar-refractivity contribution >= 4 is 41.4 Å². The van der Waals surface area contributed by atoms with Gasteiger partial charge in [0, 0.05) is 27.7 Å². The summed E-state index contributed by atoms with van der Waals surface area (Å²) in [7, 11) is 0. The van der Waals surface area contributed by atoms with Gasteiger partial charge in [0.15, 0.2) is 30.2 Å². The summed E-state index contributed by atoms with van der Waals surface area (Å²) in [5, 5.41) is 0. The van der Waals surface area contributed by atoms with Gasteiger partial charge >= 0.3 is 29.8 Å². The number of carbonyl (C=O) groups excluding carboxylic acids is 5. The van der Waals surface area contributed by atoms with Gasteiger partial charge < -0.3 is 47.4 Å². The van der Waals surface area contributed by atoms with Crippen LogP contribution in [0.25, 0.3) is 0 Å². The minimum atomic E-state index is -1.64. The van der Waals surface area contributed by atoms with Crippen LogP contribution in [0.3, 0.4) is 0 Å². The van der Waals surface area contributed by atoms with Crippen LogP contribution in [0.5, 0.6) is 0 Å². The third-order valence-corrected chi connectivity index (χ3v) is 9.13. The Hall–Kier alpha value is -4.90. The number of ether oxygens (including phenoxy) is 10. The average molecular weight is 813 g/mol. The van der Waals surface area contributed by atoms with Crippen molar-refractivity contribution in [2.75, 3.05) is 13.2 Å². The molecule has 3 aromatic carbocycles. The van der Waals surface area contributed by atoms with Gasteiger partial charge in [0.25, 0.3) is 0 Å². The van der Waals surface area contributed by atoms with Crippen LogP contribution in [-0.4, -0.2) is 104 Å². The Morgan fingerprint density at radius 1 is 0.526 bits per heavy atom. The highest BCUT2D eigenvalue weighted by Gasteiger charge is 2.56. The number of rotatable bonds is 16. The van der Waals surface area contributed by atoms with Crippen LogP contribution < -0.4 is 0 Å². The van der Waals surface area contributed by atoms with E-state index in [0.29, 0.717) is 0 Å². The first-order valence-electron chi connectivity index (χ1n) is 18.2. The lowest BCUT2D eigenvalue weighted by Crippen LogP contribution is -2.66. The summed E-state index contributed by atoms with van der Waals surface area (Å²) in [4.78, 5) is 62.6. The quantitative estimate of drug-likeness (QED) is 0.113. The summed E-state index contributed by atoms with van der Waals surface area (Å²) in [5.41, 5.74) is 0.702. The summed E-state index contributed by atoms with van der Waals surface area (Å²) < 4.78 is 59.9. The molecule has 2 saturated heterocycles. The molecular formula is C41H45ClO15. The maximum absolute atomic E-state index is 13.2. The van der Waals surface area contributed by atoms with Crippen LogP contribution in [-0.2, 0) is 79.8 Å². The molecule has 2 aliphatic heterocycles. The summed E-state index contributed by atoms with van der Waals surface area (Å²) in [6, 6.07) is 26.8. The first kappa shape index (κ1) is 43.2. The van der Waals surface area contributed by atoms with Crippen molar-refractivity contribution in [3.05, 3.63) is 108 Å². The third kappa shape index (κ3) is 12.5. The van der Waals surface area contributed by atoms with Gasteiger partial charge in [-0.2, -0.15) is 0 Å². The van der Waals surface area contributed by atoms with Gasteiger partial charge in [0.1, 0.15) is 43.7 Å². The minimum Gasteiger partial charge on any atom is -0.463 e. The first-order valence-corrected chi connectivity index (χ1v) is 18.6. The molecule has 0 aliphatic carbocycles. The van der Waals surface area contributed by atoms with Crippen molar-refractivity contribution < 1.29 is 71.3 Å². The van der Waals surface area contributed by atoms with Gasteiger partial charge in [-0.3, -0.25) is 19.2 Å². The van der Waals surface area contributed by atoms with E-state index in [4.69, 9.17) is 59.0 Å².